The number of unbranched alkanes of at least 4 members (excludes halogenated alkanes) is 17. The van der Waals surface area contributed by atoms with E-state index in [4.69, 9.17) is 9.68 Å². The molecule has 0 saturated carbocycles. The van der Waals surface area contributed by atoms with E-state index in [2.05, 4.69) is 117 Å². The highest BCUT2D eigenvalue weighted by Crippen LogP contribution is 2.21. The van der Waals surface area contributed by atoms with Gasteiger partial charge in [-0.1, -0.05) is 232 Å². The van der Waals surface area contributed by atoms with E-state index in [9.17, 15) is 0 Å². The topological polar surface area (TPSA) is 42.5 Å². The minimum absolute atomic E-state index is 0.233. The lowest BCUT2D eigenvalue weighted by Crippen LogP contribution is -2.34. The van der Waals surface area contributed by atoms with Crippen molar-refractivity contribution in [3.63, 3.8) is 0 Å². The van der Waals surface area contributed by atoms with Gasteiger partial charge in [0.2, 0.25) is 0 Å². The Morgan fingerprint density at radius 1 is 0.388 bits per heavy atom. The summed E-state index contributed by atoms with van der Waals surface area (Å²) in [5, 5.41) is 0. The van der Waals surface area contributed by atoms with Crippen LogP contribution in [0.5, 0.6) is 11.5 Å². The molecule has 3 atom stereocenters. The molecular weight excluding hydrogens is 817 g/mol. The molecule has 0 amide bonds. The maximum absolute atomic E-state index is 6.09. The van der Waals surface area contributed by atoms with Crippen LogP contribution < -0.4 is 20.6 Å². The van der Waals surface area contributed by atoms with Crippen LogP contribution >= 0.6 is 0 Å². The molecule has 4 aromatic rings. The van der Waals surface area contributed by atoms with E-state index in [0.29, 0.717) is 5.92 Å². The minimum atomic E-state index is 0.233. The van der Waals surface area contributed by atoms with Crippen LogP contribution in [0.1, 0.15) is 204 Å². The van der Waals surface area contributed by atoms with Crippen molar-refractivity contribution in [2.75, 3.05) is 0 Å². The Morgan fingerprint density at radius 3 is 1.22 bits per heavy atom. The Hall–Kier alpha value is -4.38. The van der Waals surface area contributed by atoms with Crippen LogP contribution in [0.15, 0.2) is 133 Å². The third kappa shape index (κ3) is 27.9. The fourth-order valence-corrected chi connectivity index (χ4v) is 8.75. The van der Waals surface area contributed by atoms with Gasteiger partial charge in [-0.25, -0.2) is 0 Å². The van der Waals surface area contributed by atoms with E-state index in [1.165, 1.54) is 170 Å². The number of hydrogen-bond donors (Lipinski definition) is 2. The average Bonchev–Trinajstić information content (AvgIpc) is 3.36. The first-order valence-corrected chi connectivity index (χ1v) is 27.2. The lowest BCUT2D eigenvalue weighted by molar-refractivity contribution is 0.145. The molecule has 0 aliphatic heterocycles. The van der Waals surface area contributed by atoms with Crippen LogP contribution in [0.3, 0.4) is 0 Å². The standard InChI is InChI=1S/C63H92N2O2/c1-4-6-8-10-12-14-16-17-18-20-22-24-26-30-36-60(64-66-62-37-31-27-32-38-62)53-58-48-44-56(45-49-58)42-43-57-46-50-59(51-47-57)54-61(65-67-63-39-33-28-34-40-63)52-41-55(3)35-29-25-23-21-19-15-13-11-9-7-5-2/h17-18,21,23,27-28,31-34,37-40,42-51,55,60-61,64-65H,4-16,19-20,22,24-26,29-30,35-36,41,52-54H2,1-3H3/b18-17-,23-21-,43-42?. The van der Waals surface area contributed by atoms with Gasteiger partial charge in [0, 0.05) is 12.1 Å². The van der Waals surface area contributed by atoms with Crippen molar-refractivity contribution in [3.05, 3.63) is 156 Å². The van der Waals surface area contributed by atoms with Gasteiger partial charge in [0.25, 0.3) is 0 Å². The second-order valence-electron chi connectivity index (χ2n) is 19.3. The summed E-state index contributed by atoms with van der Waals surface area (Å²) < 4.78 is 0. The highest BCUT2D eigenvalue weighted by Gasteiger charge is 2.14. The molecule has 0 aliphatic carbocycles. The van der Waals surface area contributed by atoms with Crippen LogP contribution in [-0.4, -0.2) is 12.1 Å². The summed E-state index contributed by atoms with van der Waals surface area (Å²) in [5.41, 5.74) is 11.9. The Bertz CT molecular complexity index is 1820. The van der Waals surface area contributed by atoms with E-state index >= 15 is 0 Å². The van der Waals surface area contributed by atoms with Gasteiger partial charge in [-0.15, -0.1) is 0 Å². The quantitative estimate of drug-likeness (QED) is 0.0202. The van der Waals surface area contributed by atoms with Gasteiger partial charge in [-0.3, -0.25) is 0 Å². The molecule has 0 aromatic heterocycles. The first-order chi connectivity index (χ1) is 33.1. The number of hydroxylamine groups is 2. The molecule has 4 rings (SSSR count). The number of allylic oxidation sites excluding steroid dienone is 4. The number of benzene rings is 4. The molecule has 0 aliphatic rings. The van der Waals surface area contributed by atoms with Gasteiger partial charge >= 0.3 is 0 Å². The smallest absolute Gasteiger partial charge is 0.147 e. The summed E-state index contributed by atoms with van der Waals surface area (Å²) in [4.78, 5) is 12.1. The van der Waals surface area contributed by atoms with E-state index < -0.39 is 0 Å². The summed E-state index contributed by atoms with van der Waals surface area (Å²) >= 11 is 0. The van der Waals surface area contributed by atoms with Crippen molar-refractivity contribution in [2.45, 2.75) is 206 Å². The van der Waals surface area contributed by atoms with Crippen molar-refractivity contribution in [2.24, 2.45) is 5.92 Å². The maximum atomic E-state index is 6.09. The molecule has 4 nitrogen and oxygen atoms in total. The van der Waals surface area contributed by atoms with Crippen molar-refractivity contribution >= 4 is 12.2 Å². The average molecular weight is 909 g/mol. The van der Waals surface area contributed by atoms with Crippen molar-refractivity contribution in [1.82, 2.24) is 11.0 Å². The van der Waals surface area contributed by atoms with Gasteiger partial charge in [-0.05, 0) is 136 Å². The molecule has 0 bridgehead atoms. The first kappa shape index (κ1) is 55.2. The molecule has 0 spiro atoms. The summed E-state index contributed by atoms with van der Waals surface area (Å²) in [6.07, 6.45) is 48.3. The maximum Gasteiger partial charge on any atom is 0.147 e. The van der Waals surface area contributed by atoms with E-state index in [0.717, 1.165) is 37.2 Å². The van der Waals surface area contributed by atoms with Gasteiger partial charge in [0.15, 0.2) is 0 Å². The third-order valence-electron chi connectivity index (χ3n) is 13.1. The van der Waals surface area contributed by atoms with Gasteiger partial charge < -0.3 is 9.68 Å². The second-order valence-corrected chi connectivity index (χ2v) is 19.3. The van der Waals surface area contributed by atoms with Crippen LogP contribution in [0, 0.1) is 5.92 Å². The molecular formula is C63H92N2O2. The largest absolute Gasteiger partial charge is 0.408 e. The fraction of sp³-hybridized carbons (Fsp3) is 0.524. The zero-order chi connectivity index (χ0) is 47.1. The molecule has 67 heavy (non-hydrogen) atoms. The number of rotatable bonds is 40. The third-order valence-corrected chi connectivity index (χ3v) is 13.1. The Kier molecular flexibility index (Phi) is 31.0. The number of para-hydroxylation sites is 2. The predicted molar refractivity (Wildman–Crippen MR) is 291 cm³/mol. The van der Waals surface area contributed by atoms with Crippen LogP contribution in [0.25, 0.3) is 12.2 Å². The summed E-state index contributed by atoms with van der Waals surface area (Å²) in [7, 11) is 0. The molecule has 0 fully saturated rings. The van der Waals surface area contributed by atoms with Gasteiger partial charge in [-0.2, -0.15) is 11.0 Å². The molecule has 0 heterocycles. The molecule has 2 N–H and O–H groups in total. The normalized spacial score (nSPS) is 13.2. The first-order valence-electron chi connectivity index (χ1n) is 27.2. The van der Waals surface area contributed by atoms with Crippen molar-refractivity contribution in [3.8, 4) is 11.5 Å². The molecule has 4 heteroatoms. The molecule has 0 saturated heterocycles. The van der Waals surface area contributed by atoms with Crippen molar-refractivity contribution in [1.29, 1.82) is 0 Å². The van der Waals surface area contributed by atoms with Crippen molar-refractivity contribution < 1.29 is 9.68 Å². The SMILES string of the molecule is CCCCCCCC/C=C\CCCCCCC(Cc1ccc(C=Cc2ccc(CC(CCC(C)CCC/C=C\CCCCCCCC)NOc3ccccc3)cc2)cc1)NOc1ccccc1. The second kappa shape index (κ2) is 37.6. The van der Waals surface area contributed by atoms with Gasteiger partial charge in [0.1, 0.15) is 11.5 Å². The Morgan fingerprint density at radius 2 is 0.776 bits per heavy atom. The minimum Gasteiger partial charge on any atom is -0.408 e. The molecule has 3 unspecified atom stereocenters. The molecule has 0 radical (unpaired) electrons. The van der Waals surface area contributed by atoms with Crippen LogP contribution in [-0.2, 0) is 12.8 Å². The summed E-state index contributed by atoms with van der Waals surface area (Å²) in [5.74, 6) is 2.41. The fourth-order valence-electron chi connectivity index (χ4n) is 8.75. The van der Waals surface area contributed by atoms with E-state index in [-0.39, 0.29) is 12.1 Å². The van der Waals surface area contributed by atoms with E-state index in [1.807, 2.05) is 60.7 Å². The monoisotopic (exact) mass is 909 g/mol. The number of nitrogens with one attached hydrogen (secondary N) is 2. The van der Waals surface area contributed by atoms with Gasteiger partial charge in [0.05, 0.1) is 0 Å². The molecule has 366 valence electrons. The lowest BCUT2D eigenvalue weighted by atomic mass is 9.94. The zero-order valence-corrected chi connectivity index (χ0v) is 42.5. The highest BCUT2D eigenvalue weighted by molar-refractivity contribution is 5.69. The Balaban J connectivity index is 1.20. The molecule has 4 aromatic carbocycles. The Labute approximate surface area is 410 Å². The van der Waals surface area contributed by atoms with Crippen LogP contribution in [0.4, 0.5) is 0 Å². The highest BCUT2D eigenvalue weighted by atomic mass is 16.7. The van der Waals surface area contributed by atoms with E-state index in [1.54, 1.807) is 0 Å². The predicted octanol–water partition coefficient (Wildman–Crippen LogP) is 18.4. The van der Waals surface area contributed by atoms with Crippen LogP contribution in [0.2, 0.25) is 0 Å². The summed E-state index contributed by atoms with van der Waals surface area (Å²) in [6, 6.07) is 38.7. The zero-order valence-electron chi connectivity index (χ0n) is 42.5. The summed E-state index contributed by atoms with van der Waals surface area (Å²) in [6.45, 7) is 6.99. The lowest BCUT2D eigenvalue weighted by Gasteiger charge is -2.21. The number of hydrogen-bond acceptors (Lipinski definition) is 4.